The van der Waals surface area contributed by atoms with Crippen LogP contribution in [0.4, 0.5) is 0 Å². The van der Waals surface area contributed by atoms with Crippen LogP contribution in [-0.4, -0.2) is 0 Å². The number of allylic oxidation sites excluding steroid dienone is 1. The standard InChI is InChI=1S/C11H20/c1-4-6-11-8-5-7-9(2)10(11)3/h9,11H,3-8H2,1-2H3. The van der Waals surface area contributed by atoms with Crippen molar-refractivity contribution < 1.29 is 0 Å². The van der Waals surface area contributed by atoms with Crippen molar-refractivity contribution in [1.82, 2.24) is 0 Å². The topological polar surface area (TPSA) is 0 Å². The highest BCUT2D eigenvalue weighted by molar-refractivity contribution is 5.07. The van der Waals surface area contributed by atoms with E-state index in [0.717, 1.165) is 11.8 Å². The molecule has 0 radical (unpaired) electrons. The molecule has 0 bridgehead atoms. The summed E-state index contributed by atoms with van der Waals surface area (Å²) in [6, 6.07) is 0. The summed E-state index contributed by atoms with van der Waals surface area (Å²) in [6.45, 7) is 8.79. The lowest BCUT2D eigenvalue weighted by Crippen LogP contribution is -2.16. The first kappa shape index (κ1) is 8.83. The van der Waals surface area contributed by atoms with Crippen LogP contribution in [0.25, 0.3) is 0 Å². The van der Waals surface area contributed by atoms with Gasteiger partial charge in [-0.05, 0) is 31.1 Å². The third kappa shape index (κ3) is 2.08. The average Bonchev–Trinajstić information content (AvgIpc) is 1.99. The van der Waals surface area contributed by atoms with E-state index < -0.39 is 0 Å². The van der Waals surface area contributed by atoms with Crippen molar-refractivity contribution >= 4 is 0 Å². The summed E-state index contributed by atoms with van der Waals surface area (Å²) < 4.78 is 0. The van der Waals surface area contributed by atoms with Gasteiger partial charge in [0.2, 0.25) is 0 Å². The van der Waals surface area contributed by atoms with Crippen molar-refractivity contribution in [2.45, 2.75) is 46.0 Å². The summed E-state index contributed by atoms with van der Waals surface area (Å²) in [4.78, 5) is 0. The van der Waals surface area contributed by atoms with Crippen LogP contribution in [0.5, 0.6) is 0 Å². The maximum absolute atomic E-state index is 4.20. The van der Waals surface area contributed by atoms with E-state index in [1.54, 1.807) is 0 Å². The molecule has 1 rings (SSSR count). The Morgan fingerprint density at radius 1 is 1.45 bits per heavy atom. The lowest BCUT2D eigenvalue weighted by molar-refractivity contribution is 0.366. The first-order valence-corrected chi connectivity index (χ1v) is 4.94. The summed E-state index contributed by atoms with van der Waals surface area (Å²) in [6.07, 6.45) is 6.88. The van der Waals surface area contributed by atoms with Gasteiger partial charge in [0, 0.05) is 0 Å². The quantitative estimate of drug-likeness (QED) is 0.528. The third-order valence-electron chi connectivity index (χ3n) is 2.98. The van der Waals surface area contributed by atoms with Gasteiger partial charge in [-0.15, -0.1) is 0 Å². The molecule has 0 aromatic rings. The van der Waals surface area contributed by atoms with Gasteiger partial charge in [-0.25, -0.2) is 0 Å². The Balaban J connectivity index is 2.44. The molecule has 0 nitrogen and oxygen atoms in total. The normalized spacial score (nSPS) is 32.4. The van der Waals surface area contributed by atoms with Crippen molar-refractivity contribution in [1.29, 1.82) is 0 Å². The van der Waals surface area contributed by atoms with Crippen molar-refractivity contribution in [2.75, 3.05) is 0 Å². The Hall–Kier alpha value is -0.260. The average molecular weight is 152 g/mol. The molecule has 64 valence electrons. The molecule has 0 aromatic heterocycles. The zero-order valence-electron chi connectivity index (χ0n) is 7.90. The molecular formula is C11H20. The molecule has 2 unspecified atom stereocenters. The minimum atomic E-state index is 0.792. The highest BCUT2D eigenvalue weighted by atomic mass is 14.3. The lowest BCUT2D eigenvalue weighted by Gasteiger charge is -2.29. The second-order valence-electron chi connectivity index (χ2n) is 3.89. The van der Waals surface area contributed by atoms with Gasteiger partial charge in [0.15, 0.2) is 0 Å². The molecular weight excluding hydrogens is 132 g/mol. The molecule has 0 N–H and O–H groups in total. The van der Waals surface area contributed by atoms with Gasteiger partial charge in [0.1, 0.15) is 0 Å². The van der Waals surface area contributed by atoms with Crippen LogP contribution in [-0.2, 0) is 0 Å². The Bertz CT molecular complexity index is 133. The Morgan fingerprint density at radius 3 is 2.82 bits per heavy atom. The van der Waals surface area contributed by atoms with Gasteiger partial charge >= 0.3 is 0 Å². The van der Waals surface area contributed by atoms with Crippen LogP contribution in [0.3, 0.4) is 0 Å². The third-order valence-corrected chi connectivity index (χ3v) is 2.98. The van der Waals surface area contributed by atoms with Crippen LogP contribution in [0.1, 0.15) is 46.0 Å². The molecule has 0 saturated heterocycles. The molecule has 0 heteroatoms. The Labute approximate surface area is 70.7 Å². The van der Waals surface area contributed by atoms with E-state index >= 15 is 0 Å². The Kier molecular flexibility index (Phi) is 3.16. The molecule has 1 fully saturated rings. The van der Waals surface area contributed by atoms with Gasteiger partial charge in [0.05, 0.1) is 0 Å². The highest BCUT2D eigenvalue weighted by Gasteiger charge is 2.21. The molecule has 1 aliphatic carbocycles. The Morgan fingerprint density at radius 2 is 2.18 bits per heavy atom. The first-order chi connectivity index (χ1) is 5.25. The van der Waals surface area contributed by atoms with E-state index in [-0.39, 0.29) is 0 Å². The smallest absolute Gasteiger partial charge is 0.0203 e. The van der Waals surface area contributed by atoms with Gasteiger partial charge in [-0.2, -0.15) is 0 Å². The van der Waals surface area contributed by atoms with Crippen molar-refractivity contribution in [3.8, 4) is 0 Å². The van der Waals surface area contributed by atoms with Crippen LogP contribution in [0.2, 0.25) is 0 Å². The van der Waals surface area contributed by atoms with Crippen molar-refractivity contribution in [3.63, 3.8) is 0 Å². The minimum Gasteiger partial charge on any atom is -0.0993 e. The number of rotatable bonds is 2. The van der Waals surface area contributed by atoms with E-state index in [1.165, 1.54) is 37.7 Å². The molecule has 0 aromatic carbocycles. The lowest BCUT2D eigenvalue weighted by atomic mass is 9.77. The molecule has 0 heterocycles. The fourth-order valence-corrected chi connectivity index (χ4v) is 2.12. The molecule has 0 aliphatic heterocycles. The number of hydrogen-bond donors (Lipinski definition) is 0. The zero-order chi connectivity index (χ0) is 8.27. The molecule has 1 saturated carbocycles. The predicted octanol–water partition coefficient (Wildman–Crippen LogP) is 3.78. The van der Waals surface area contributed by atoms with Gasteiger partial charge in [-0.3, -0.25) is 0 Å². The largest absolute Gasteiger partial charge is 0.0993 e. The maximum atomic E-state index is 4.20. The molecule has 11 heavy (non-hydrogen) atoms. The second-order valence-corrected chi connectivity index (χ2v) is 3.89. The van der Waals surface area contributed by atoms with Crippen LogP contribution in [0, 0.1) is 11.8 Å². The summed E-state index contributed by atoms with van der Waals surface area (Å²) in [5.74, 6) is 1.64. The fourth-order valence-electron chi connectivity index (χ4n) is 2.12. The maximum Gasteiger partial charge on any atom is -0.0203 e. The van der Waals surface area contributed by atoms with Gasteiger partial charge in [-0.1, -0.05) is 38.8 Å². The molecule has 1 aliphatic rings. The fraction of sp³-hybridized carbons (Fsp3) is 0.818. The molecule has 0 amide bonds. The van der Waals surface area contributed by atoms with E-state index in [0.29, 0.717) is 0 Å². The van der Waals surface area contributed by atoms with Crippen molar-refractivity contribution in [3.05, 3.63) is 12.2 Å². The molecule has 0 spiro atoms. The second kappa shape index (κ2) is 3.94. The first-order valence-electron chi connectivity index (χ1n) is 4.94. The summed E-state index contributed by atoms with van der Waals surface area (Å²) >= 11 is 0. The monoisotopic (exact) mass is 152 g/mol. The van der Waals surface area contributed by atoms with Crippen LogP contribution < -0.4 is 0 Å². The van der Waals surface area contributed by atoms with Crippen LogP contribution in [0.15, 0.2) is 12.2 Å². The SMILES string of the molecule is C=C1C(C)CCCC1CCC. The van der Waals surface area contributed by atoms with E-state index in [1.807, 2.05) is 0 Å². The van der Waals surface area contributed by atoms with E-state index in [4.69, 9.17) is 0 Å². The van der Waals surface area contributed by atoms with E-state index in [9.17, 15) is 0 Å². The minimum absolute atomic E-state index is 0.792. The number of hydrogen-bond acceptors (Lipinski definition) is 0. The predicted molar refractivity (Wildman–Crippen MR) is 50.6 cm³/mol. The van der Waals surface area contributed by atoms with Gasteiger partial charge < -0.3 is 0 Å². The van der Waals surface area contributed by atoms with Crippen LogP contribution >= 0.6 is 0 Å². The van der Waals surface area contributed by atoms with E-state index in [2.05, 4.69) is 20.4 Å². The zero-order valence-corrected chi connectivity index (χ0v) is 7.90. The summed E-state index contributed by atoms with van der Waals surface area (Å²) in [7, 11) is 0. The summed E-state index contributed by atoms with van der Waals surface area (Å²) in [5, 5.41) is 0. The van der Waals surface area contributed by atoms with Gasteiger partial charge in [0.25, 0.3) is 0 Å². The van der Waals surface area contributed by atoms with Crippen molar-refractivity contribution in [2.24, 2.45) is 11.8 Å². The summed E-state index contributed by atoms with van der Waals surface area (Å²) in [5.41, 5.74) is 1.53. The molecule has 2 atom stereocenters. The highest BCUT2D eigenvalue weighted by Crippen LogP contribution is 2.35.